The Morgan fingerprint density at radius 2 is 2.12 bits per heavy atom. The molecule has 2 rings (SSSR count). The summed E-state index contributed by atoms with van der Waals surface area (Å²) in [6.45, 7) is 2.20. The summed E-state index contributed by atoms with van der Waals surface area (Å²) in [5.41, 5.74) is 2.14. The van der Waals surface area contributed by atoms with Crippen molar-refractivity contribution in [2.24, 2.45) is 0 Å². The molecular formula is C14H18BrNO. The number of nitrogens with one attached hydrogen (secondary N) is 1. The minimum atomic E-state index is 0.0550. The Morgan fingerprint density at radius 3 is 2.88 bits per heavy atom. The summed E-state index contributed by atoms with van der Waals surface area (Å²) < 4.78 is 1.05. The zero-order valence-electron chi connectivity index (χ0n) is 10.1. The van der Waals surface area contributed by atoms with Gasteiger partial charge in [0.1, 0.15) is 0 Å². The van der Waals surface area contributed by atoms with E-state index >= 15 is 0 Å². The van der Waals surface area contributed by atoms with Crippen LogP contribution in [-0.2, 0) is 4.79 Å². The minimum absolute atomic E-state index is 0.0550. The molecule has 0 spiro atoms. The molecule has 3 heteroatoms. The fourth-order valence-corrected chi connectivity index (χ4v) is 2.74. The quantitative estimate of drug-likeness (QED) is 0.799. The predicted molar refractivity (Wildman–Crippen MR) is 74.3 cm³/mol. The van der Waals surface area contributed by atoms with E-state index in [9.17, 15) is 4.79 Å². The Hall–Kier alpha value is -0.830. The number of amides is 1. The highest BCUT2D eigenvalue weighted by Crippen LogP contribution is 2.37. The molecule has 17 heavy (non-hydrogen) atoms. The first-order valence-corrected chi connectivity index (χ1v) is 7.12. The van der Waals surface area contributed by atoms with Crippen LogP contribution in [0.15, 0.2) is 22.7 Å². The summed E-state index contributed by atoms with van der Waals surface area (Å²) in [5, 5.41) is 2.96. The molecule has 1 heterocycles. The number of rotatable bonds is 5. The third kappa shape index (κ3) is 2.89. The van der Waals surface area contributed by atoms with Gasteiger partial charge >= 0.3 is 0 Å². The van der Waals surface area contributed by atoms with Crippen molar-refractivity contribution >= 4 is 27.5 Å². The molecule has 1 aliphatic rings. The van der Waals surface area contributed by atoms with E-state index in [1.807, 2.05) is 12.1 Å². The second-order valence-corrected chi connectivity index (χ2v) is 5.54. The lowest BCUT2D eigenvalue weighted by atomic mass is 9.94. The second-order valence-electron chi connectivity index (χ2n) is 4.62. The summed E-state index contributed by atoms with van der Waals surface area (Å²) in [6, 6.07) is 6.01. The molecule has 0 aliphatic carbocycles. The Balaban J connectivity index is 2.03. The van der Waals surface area contributed by atoms with Gasteiger partial charge in [-0.25, -0.2) is 0 Å². The van der Waals surface area contributed by atoms with Crippen LogP contribution in [-0.4, -0.2) is 5.91 Å². The molecule has 0 bridgehead atoms. The lowest BCUT2D eigenvalue weighted by Crippen LogP contribution is -2.11. The van der Waals surface area contributed by atoms with Gasteiger partial charge in [0, 0.05) is 10.2 Å². The van der Waals surface area contributed by atoms with Crippen molar-refractivity contribution in [1.82, 2.24) is 0 Å². The summed E-state index contributed by atoms with van der Waals surface area (Å²) >= 11 is 3.47. The maximum absolute atomic E-state index is 11.9. The number of carbonyl (C=O) groups is 1. The average Bonchev–Trinajstić information content (AvgIpc) is 2.61. The Bertz CT molecular complexity index is 417. The average molecular weight is 296 g/mol. The molecule has 1 aromatic carbocycles. The van der Waals surface area contributed by atoms with Gasteiger partial charge in [0.15, 0.2) is 0 Å². The van der Waals surface area contributed by atoms with Crippen LogP contribution in [0.1, 0.15) is 50.5 Å². The van der Waals surface area contributed by atoms with E-state index in [-0.39, 0.29) is 11.8 Å². The number of carbonyl (C=O) groups excluding carboxylic acids is 1. The standard InChI is InChI=1S/C14H18BrNO/c1-2-3-4-5-6-11-12-9-10(15)7-8-13(12)16-14(11)17/h7-9,11H,2-6H2,1H3,(H,16,17). The van der Waals surface area contributed by atoms with Crippen molar-refractivity contribution in [1.29, 1.82) is 0 Å². The van der Waals surface area contributed by atoms with Gasteiger partial charge in [-0.1, -0.05) is 48.5 Å². The molecule has 1 amide bonds. The normalized spacial score (nSPS) is 18.0. The highest BCUT2D eigenvalue weighted by atomic mass is 79.9. The number of anilines is 1. The molecule has 1 N–H and O–H groups in total. The Labute approximate surface area is 111 Å². The molecule has 2 nitrogen and oxygen atoms in total. The summed E-state index contributed by atoms with van der Waals surface area (Å²) in [5.74, 6) is 0.217. The third-order valence-corrected chi connectivity index (χ3v) is 3.80. The molecule has 92 valence electrons. The van der Waals surface area contributed by atoms with Crippen molar-refractivity contribution in [2.75, 3.05) is 5.32 Å². The monoisotopic (exact) mass is 295 g/mol. The maximum Gasteiger partial charge on any atom is 0.232 e. The molecule has 1 unspecified atom stereocenters. The molecule has 1 atom stereocenters. The SMILES string of the molecule is CCCCCCC1C(=O)Nc2ccc(Br)cc21. The lowest BCUT2D eigenvalue weighted by Gasteiger charge is -2.08. The molecule has 0 aromatic heterocycles. The first-order chi connectivity index (χ1) is 8.22. The zero-order chi connectivity index (χ0) is 12.3. The van der Waals surface area contributed by atoms with Gasteiger partial charge in [-0.3, -0.25) is 4.79 Å². The van der Waals surface area contributed by atoms with E-state index in [4.69, 9.17) is 0 Å². The summed E-state index contributed by atoms with van der Waals surface area (Å²) in [7, 11) is 0. The van der Waals surface area contributed by atoms with Gasteiger partial charge in [0.2, 0.25) is 5.91 Å². The molecule has 0 saturated carbocycles. The van der Waals surface area contributed by atoms with Crippen LogP contribution in [0, 0.1) is 0 Å². The van der Waals surface area contributed by atoms with Gasteiger partial charge in [0.25, 0.3) is 0 Å². The van der Waals surface area contributed by atoms with E-state index in [0.717, 1.165) is 28.6 Å². The topological polar surface area (TPSA) is 29.1 Å². The van der Waals surface area contributed by atoms with Gasteiger partial charge in [-0.15, -0.1) is 0 Å². The van der Waals surface area contributed by atoms with Crippen molar-refractivity contribution in [3.63, 3.8) is 0 Å². The molecule has 0 saturated heterocycles. The molecule has 0 fully saturated rings. The molecule has 0 radical (unpaired) electrons. The van der Waals surface area contributed by atoms with Crippen LogP contribution in [0.4, 0.5) is 5.69 Å². The van der Waals surface area contributed by atoms with Crippen LogP contribution >= 0.6 is 15.9 Å². The molecule has 1 aliphatic heterocycles. The number of halogens is 1. The van der Waals surface area contributed by atoms with E-state index in [2.05, 4.69) is 34.2 Å². The smallest absolute Gasteiger partial charge is 0.232 e. The van der Waals surface area contributed by atoms with Crippen LogP contribution in [0.2, 0.25) is 0 Å². The Morgan fingerprint density at radius 1 is 1.29 bits per heavy atom. The van der Waals surface area contributed by atoms with Crippen molar-refractivity contribution in [3.05, 3.63) is 28.2 Å². The predicted octanol–water partition coefficient (Wildman–Crippen LogP) is 4.46. The number of fused-ring (bicyclic) bond motifs is 1. The minimum Gasteiger partial charge on any atom is -0.325 e. The van der Waals surface area contributed by atoms with Gasteiger partial charge in [0.05, 0.1) is 5.92 Å². The van der Waals surface area contributed by atoms with E-state index in [1.165, 1.54) is 19.3 Å². The highest BCUT2D eigenvalue weighted by Gasteiger charge is 2.29. The first kappa shape index (κ1) is 12.6. The highest BCUT2D eigenvalue weighted by molar-refractivity contribution is 9.10. The third-order valence-electron chi connectivity index (χ3n) is 3.31. The second kappa shape index (κ2) is 5.67. The van der Waals surface area contributed by atoms with Crippen LogP contribution in [0.25, 0.3) is 0 Å². The largest absolute Gasteiger partial charge is 0.325 e. The molecule has 1 aromatic rings. The molecular weight excluding hydrogens is 278 g/mol. The van der Waals surface area contributed by atoms with Crippen LogP contribution in [0.3, 0.4) is 0 Å². The fourth-order valence-electron chi connectivity index (χ4n) is 2.36. The van der Waals surface area contributed by atoms with Gasteiger partial charge in [-0.05, 0) is 30.2 Å². The fraction of sp³-hybridized carbons (Fsp3) is 0.500. The summed E-state index contributed by atoms with van der Waals surface area (Å²) in [4.78, 5) is 11.9. The van der Waals surface area contributed by atoms with Gasteiger partial charge < -0.3 is 5.32 Å². The number of unbranched alkanes of at least 4 members (excludes halogenated alkanes) is 3. The Kier molecular flexibility index (Phi) is 4.21. The van der Waals surface area contributed by atoms with E-state index in [0.29, 0.717) is 0 Å². The first-order valence-electron chi connectivity index (χ1n) is 6.32. The lowest BCUT2D eigenvalue weighted by molar-refractivity contribution is -0.117. The summed E-state index contributed by atoms with van der Waals surface area (Å²) in [6.07, 6.45) is 5.83. The zero-order valence-corrected chi connectivity index (χ0v) is 11.7. The van der Waals surface area contributed by atoms with Crippen molar-refractivity contribution in [2.45, 2.75) is 44.9 Å². The van der Waals surface area contributed by atoms with Crippen molar-refractivity contribution in [3.8, 4) is 0 Å². The van der Waals surface area contributed by atoms with Crippen LogP contribution < -0.4 is 5.32 Å². The number of benzene rings is 1. The maximum atomic E-state index is 11.9. The van der Waals surface area contributed by atoms with E-state index < -0.39 is 0 Å². The number of hydrogen-bond donors (Lipinski definition) is 1. The van der Waals surface area contributed by atoms with Gasteiger partial charge in [-0.2, -0.15) is 0 Å². The number of hydrogen-bond acceptors (Lipinski definition) is 1. The van der Waals surface area contributed by atoms with Crippen molar-refractivity contribution < 1.29 is 4.79 Å². The van der Waals surface area contributed by atoms with E-state index in [1.54, 1.807) is 0 Å². The van der Waals surface area contributed by atoms with Crippen LogP contribution in [0.5, 0.6) is 0 Å².